The van der Waals surface area contributed by atoms with Crippen molar-refractivity contribution < 1.29 is 9.53 Å². The van der Waals surface area contributed by atoms with Crippen LogP contribution < -0.4 is 0 Å². The van der Waals surface area contributed by atoms with Crippen molar-refractivity contribution in [3.63, 3.8) is 0 Å². The molecule has 0 N–H and O–H groups in total. The van der Waals surface area contributed by atoms with Gasteiger partial charge >= 0.3 is 0 Å². The van der Waals surface area contributed by atoms with Crippen LogP contribution in [-0.2, 0) is 9.53 Å². The highest BCUT2D eigenvalue weighted by atomic mass is 16.5. The quantitative estimate of drug-likeness (QED) is 0.698. The molecule has 1 fully saturated rings. The molecule has 1 aliphatic rings. The normalized spacial score (nSPS) is 18.5. The lowest BCUT2D eigenvalue weighted by molar-refractivity contribution is -0.144. The van der Waals surface area contributed by atoms with E-state index < -0.39 is 5.41 Å². The summed E-state index contributed by atoms with van der Waals surface area (Å²) in [7, 11) is 0. The summed E-state index contributed by atoms with van der Waals surface area (Å²) in [5.41, 5.74) is -0.897. The van der Waals surface area contributed by atoms with Crippen LogP contribution in [0.3, 0.4) is 0 Å². The van der Waals surface area contributed by atoms with Gasteiger partial charge in [0.2, 0.25) is 5.91 Å². The van der Waals surface area contributed by atoms with Gasteiger partial charge in [0.1, 0.15) is 5.41 Å². The van der Waals surface area contributed by atoms with E-state index in [4.69, 9.17) is 4.74 Å². The van der Waals surface area contributed by atoms with Crippen molar-refractivity contribution in [2.75, 3.05) is 19.8 Å². The lowest BCUT2D eigenvalue weighted by atomic mass is 9.80. The van der Waals surface area contributed by atoms with Crippen LogP contribution >= 0.6 is 0 Å². The molecule has 17 heavy (non-hydrogen) atoms. The molecular formula is C13H20N2O2. The van der Waals surface area contributed by atoms with Crippen molar-refractivity contribution in [3.8, 4) is 6.07 Å². The molecule has 1 amide bonds. The summed E-state index contributed by atoms with van der Waals surface area (Å²) in [6.07, 6.45) is 2.67. The molecule has 1 rings (SSSR count). The summed E-state index contributed by atoms with van der Waals surface area (Å²) in [6, 6.07) is 2.28. The van der Waals surface area contributed by atoms with Gasteiger partial charge in [-0.2, -0.15) is 5.26 Å². The lowest BCUT2D eigenvalue weighted by Crippen LogP contribution is -2.48. The van der Waals surface area contributed by atoms with Gasteiger partial charge in [-0.25, -0.2) is 0 Å². The second-order valence-electron chi connectivity index (χ2n) is 4.65. The molecule has 0 bridgehead atoms. The van der Waals surface area contributed by atoms with E-state index in [0.717, 1.165) is 0 Å². The average Bonchev–Trinajstić information content (AvgIpc) is 2.35. The van der Waals surface area contributed by atoms with Crippen molar-refractivity contribution >= 4 is 5.91 Å². The molecule has 1 aliphatic heterocycles. The predicted molar refractivity (Wildman–Crippen MR) is 65.1 cm³/mol. The number of amides is 1. The summed E-state index contributed by atoms with van der Waals surface area (Å²) in [5, 5.41) is 9.33. The minimum atomic E-state index is -0.897. The number of carbonyl (C=O) groups is 1. The van der Waals surface area contributed by atoms with Gasteiger partial charge in [-0.1, -0.05) is 6.08 Å². The topological polar surface area (TPSA) is 53.3 Å². The number of ether oxygens (including phenoxy) is 1. The summed E-state index contributed by atoms with van der Waals surface area (Å²) >= 11 is 0. The van der Waals surface area contributed by atoms with E-state index in [1.807, 2.05) is 13.8 Å². The zero-order valence-corrected chi connectivity index (χ0v) is 10.6. The number of carbonyl (C=O) groups excluding carboxylic acids is 1. The molecule has 0 aromatic carbocycles. The van der Waals surface area contributed by atoms with Crippen LogP contribution in [0.2, 0.25) is 0 Å². The summed E-state index contributed by atoms with van der Waals surface area (Å²) in [5.74, 6) is -0.0850. The first-order chi connectivity index (χ1) is 8.07. The molecule has 0 radical (unpaired) electrons. The Morgan fingerprint density at radius 1 is 1.59 bits per heavy atom. The largest absolute Gasteiger partial charge is 0.381 e. The van der Waals surface area contributed by atoms with E-state index in [2.05, 4.69) is 12.6 Å². The van der Waals surface area contributed by atoms with Gasteiger partial charge in [-0.3, -0.25) is 4.79 Å². The second kappa shape index (κ2) is 5.83. The fraction of sp³-hybridized carbons (Fsp3) is 0.692. The first-order valence-electron chi connectivity index (χ1n) is 5.98. The zero-order valence-electron chi connectivity index (χ0n) is 10.6. The van der Waals surface area contributed by atoms with Crippen LogP contribution in [0.5, 0.6) is 0 Å². The number of hydrogen-bond donors (Lipinski definition) is 0. The Morgan fingerprint density at radius 2 is 2.18 bits per heavy atom. The Labute approximate surface area is 103 Å². The molecule has 1 heterocycles. The minimum absolute atomic E-state index is 0.0774. The van der Waals surface area contributed by atoms with E-state index in [0.29, 0.717) is 32.6 Å². The highest BCUT2D eigenvalue weighted by molar-refractivity contribution is 5.86. The highest BCUT2D eigenvalue weighted by Gasteiger charge is 2.43. The van der Waals surface area contributed by atoms with Crippen LogP contribution in [0.4, 0.5) is 0 Å². The Kier molecular flexibility index (Phi) is 4.71. The summed E-state index contributed by atoms with van der Waals surface area (Å²) in [6.45, 7) is 9.02. The molecule has 4 heteroatoms. The monoisotopic (exact) mass is 236 g/mol. The van der Waals surface area contributed by atoms with E-state index in [1.165, 1.54) is 0 Å². The fourth-order valence-corrected chi connectivity index (χ4v) is 2.04. The third-order valence-electron chi connectivity index (χ3n) is 3.18. The maximum absolute atomic E-state index is 12.5. The average molecular weight is 236 g/mol. The Hall–Kier alpha value is -1.34. The molecule has 0 aliphatic carbocycles. The van der Waals surface area contributed by atoms with Crippen LogP contribution in [-0.4, -0.2) is 36.6 Å². The number of nitriles is 1. The van der Waals surface area contributed by atoms with E-state index in [-0.39, 0.29) is 11.9 Å². The van der Waals surface area contributed by atoms with Gasteiger partial charge in [0.15, 0.2) is 0 Å². The van der Waals surface area contributed by atoms with E-state index in [1.54, 1.807) is 11.0 Å². The smallest absolute Gasteiger partial charge is 0.243 e. The molecule has 0 atom stereocenters. The Bertz CT molecular complexity index is 325. The first kappa shape index (κ1) is 13.7. The summed E-state index contributed by atoms with van der Waals surface area (Å²) < 4.78 is 5.23. The molecule has 0 spiro atoms. The van der Waals surface area contributed by atoms with E-state index >= 15 is 0 Å². The predicted octanol–water partition coefficient (Wildman–Crippen LogP) is 1.73. The SMILES string of the molecule is C=CCN(C(=O)C1(C#N)CCOCC1)C(C)C. The van der Waals surface area contributed by atoms with Crippen molar-refractivity contribution in [3.05, 3.63) is 12.7 Å². The maximum atomic E-state index is 12.5. The number of rotatable bonds is 4. The molecule has 0 aromatic rings. The van der Waals surface area contributed by atoms with E-state index in [9.17, 15) is 10.1 Å². The third kappa shape index (κ3) is 2.86. The van der Waals surface area contributed by atoms with Gasteiger partial charge in [0.25, 0.3) is 0 Å². The first-order valence-corrected chi connectivity index (χ1v) is 5.98. The van der Waals surface area contributed by atoms with Crippen molar-refractivity contribution in [1.29, 1.82) is 5.26 Å². The Balaban J connectivity index is 2.90. The molecule has 0 aromatic heterocycles. The van der Waals surface area contributed by atoms with Gasteiger partial charge in [-0.05, 0) is 26.7 Å². The van der Waals surface area contributed by atoms with Crippen LogP contribution in [0.25, 0.3) is 0 Å². The van der Waals surface area contributed by atoms with Crippen molar-refractivity contribution in [1.82, 2.24) is 4.90 Å². The number of nitrogens with zero attached hydrogens (tertiary/aromatic N) is 2. The van der Waals surface area contributed by atoms with Crippen molar-refractivity contribution in [2.24, 2.45) is 5.41 Å². The van der Waals surface area contributed by atoms with Crippen LogP contribution in [0, 0.1) is 16.7 Å². The van der Waals surface area contributed by atoms with Gasteiger partial charge in [0.05, 0.1) is 6.07 Å². The Morgan fingerprint density at radius 3 is 2.59 bits per heavy atom. The molecule has 1 saturated heterocycles. The standard InChI is InChI=1S/C13H20N2O2/c1-4-7-15(11(2)3)12(16)13(10-14)5-8-17-9-6-13/h4,11H,1,5-9H2,2-3H3. The third-order valence-corrected chi connectivity index (χ3v) is 3.18. The molecule has 94 valence electrons. The lowest BCUT2D eigenvalue weighted by Gasteiger charge is -2.36. The van der Waals surface area contributed by atoms with Crippen molar-refractivity contribution in [2.45, 2.75) is 32.7 Å². The fourth-order valence-electron chi connectivity index (χ4n) is 2.04. The summed E-state index contributed by atoms with van der Waals surface area (Å²) in [4.78, 5) is 14.2. The highest BCUT2D eigenvalue weighted by Crippen LogP contribution is 2.32. The van der Waals surface area contributed by atoms with Crippen LogP contribution in [0.1, 0.15) is 26.7 Å². The minimum Gasteiger partial charge on any atom is -0.381 e. The zero-order chi connectivity index (χ0) is 12.9. The second-order valence-corrected chi connectivity index (χ2v) is 4.65. The maximum Gasteiger partial charge on any atom is 0.243 e. The van der Waals surface area contributed by atoms with Gasteiger partial charge in [-0.15, -0.1) is 6.58 Å². The molecule has 0 unspecified atom stereocenters. The molecule has 4 nitrogen and oxygen atoms in total. The van der Waals surface area contributed by atoms with Gasteiger partial charge in [0, 0.05) is 25.8 Å². The molecule has 0 saturated carbocycles. The van der Waals surface area contributed by atoms with Gasteiger partial charge < -0.3 is 9.64 Å². The van der Waals surface area contributed by atoms with Crippen LogP contribution in [0.15, 0.2) is 12.7 Å². The molecular weight excluding hydrogens is 216 g/mol. The number of hydrogen-bond acceptors (Lipinski definition) is 3.